The van der Waals surface area contributed by atoms with E-state index in [1.54, 1.807) is 11.8 Å². The van der Waals surface area contributed by atoms with Crippen molar-refractivity contribution in [3.8, 4) is 0 Å². The zero-order valence-corrected chi connectivity index (χ0v) is 28.0. The van der Waals surface area contributed by atoms with Crippen LogP contribution in [0.25, 0.3) is 0 Å². The van der Waals surface area contributed by atoms with E-state index < -0.39 is 36.3 Å². The van der Waals surface area contributed by atoms with Crippen LogP contribution in [-0.2, 0) is 24.6 Å². The van der Waals surface area contributed by atoms with E-state index in [4.69, 9.17) is 19.8 Å². The van der Waals surface area contributed by atoms with Gasteiger partial charge in [-0.05, 0) is 47.0 Å². The number of alkyl halides is 6. The average Bonchev–Trinajstić information content (AvgIpc) is 3.38. The Labute approximate surface area is 278 Å². The van der Waals surface area contributed by atoms with Gasteiger partial charge >= 0.3 is 24.2 Å². The molecule has 6 N–H and O–H groups in total. The Morgan fingerprint density at radius 3 is 1.94 bits per heavy atom. The number of carboxylic acids is 3. The summed E-state index contributed by atoms with van der Waals surface area (Å²) >= 11 is 5.88. The Hall–Kier alpha value is -2.80. The number of nitrogens with two attached hydrogens (primary N) is 1. The smallest absolute Gasteiger partial charge is 0.430 e. The van der Waals surface area contributed by atoms with Gasteiger partial charge in [-0.15, -0.1) is 0 Å². The summed E-state index contributed by atoms with van der Waals surface area (Å²) in [5, 5.41) is 28.6. The minimum absolute atomic E-state index is 0.0777. The topological polar surface area (TPSA) is 182 Å². The third-order valence-corrected chi connectivity index (χ3v) is 7.85. The van der Waals surface area contributed by atoms with Gasteiger partial charge in [-0.25, -0.2) is 9.59 Å². The molecule has 268 valence electrons. The molecule has 47 heavy (non-hydrogen) atoms. The van der Waals surface area contributed by atoms with Crippen molar-refractivity contribution < 1.29 is 71.9 Å². The van der Waals surface area contributed by atoms with E-state index in [0.29, 0.717) is 25.1 Å². The number of benzene rings is 1. The number of carbonyl (C=O) groups excluding carboxylic acids is 3. The number of quaternary nitrogens is 2. The summed E-state index contributed by atoms with van der Waals surface area (Å²) in [7, 11) is 0. The summed E-state index contributed by atoms with van der Waals surface area (Å²) in [6, 6.07) is 7.81. The minimum atomic E-state index is -5.19. The second kappa shape index (κ2) is 19.9. The predicted molar refractivity (Wildman–Crippen MR) is 161 cm³/mol. The molecular weight excluding hydrogens is 680 g/mol. The molecule has 0 spiro atoms. The number of thioether (sulfide) groups is 1. The zero-order chi connectivity index (χ0) is 36.8. The van der Waals surface area contributed by atoms with Crippen LogP contribution in [0.3, 0.4) is 0 Å². The van der Waals surface area contributed by atoms with Crippen molar-refractivity contribution in [2.45, 2.75) is 75.4 Å². The summed E-state index contributed by atoms with van der Waals surface area (Å²) < 4.78 is 63.1. The van der Waals surface area contributed by atoms with Crippen molar-refractivity contribution in [2.24, 2.45) is 0 Å². The number of primary amides is 1. The lowest BCUT2D eigenvalue weighted by atomic mass is 9.85. The van der Waals surface area contributed by atoms with Crippen LogP contribution in [0.1, 0.15) is 50.7 Å². The van der Waals surface area contributed by atoms with E-state index >= 15 is 0 Å². The van der Waals surface area contributed by atoms with Gasteiger partial charge in [-0.1, -0.05) is 51.1 Å². The molecule has 0 saturated carbocycles. The van der Waals surface area contributed by atoms with Crippen molar-refractivity contribution in [1.82, 2.24) is 4.90 Å². The average molecular weight is 722 g/mol. The molecule has 1 aromatic carbocycles. The van der Waals surface area contributed by atoms with Gasteiger partial charge in [-0.2, -0.15) is 50.7 Å². The maximum atomic E-state index is 13.2. The van der Waals surface area contributed by atoms with Crippen LogP contribution < -0.4 is 21.3 Å². The van der Waals surface area contributed by atoms with Gasteiger partial charge in [0.25, 0.3) is 0 Å². The van der Waals surface area contributed by atoms with E-state index in [9.17, 15) is 41.0 Å². The quantitative estimate of drug-likeness (QED) is 0.140. The molecule has 0 radical (unpaired) electrons. The molecule has 4 atom stereocenters. The fourth-order valence-electron chi connectivity index (χ4n) is 4.18. The van der Waals surface area contributed by atoms with Crippen LogP contribution in [0.2, 0.25) is 0 Å². The lowest BCUT2D eigenvalue weighted by Crippen LogP contribution is -2.97. The second-order valence-corrected chi connectivity index (χ2v) is 12.9. The van der Waals surface area contributed by atoms with Crippen molar-refractivity contribution in [3.63, 3.8) is 0 Å². The van der Waals surface area contributed by atoms with Gasteiger partial charge in [-0.3, -0.25) is 10.2 Å². The van der Waals surface area contributed by atoms with Gasteiger partial charge in [0.1, 0.15) is 24.0 Å². The molecule has 0 unspecified atom stereocenters. The highest BCUT2D eigenvalue weighted by Crippen LogP contribution is 2.33. The van der Waals surface area contributed by atoms with Crippen molar-refractivity contribution in [3.05, 3.63) is 47.5 Å². The number of thiol groups is 1. The van der Waals surface area contributed by atoms with Crippen molar-refractivity contribution in [2.75, 3.05) is 30.9 Å². The summed E-state index contributed by atoms with van der Waals surface area (Å²) in [5.74, 6) is -5.39. The maximum absolute atomic E-state index is 13.2. The van der Waals surface area contributed by atoms with E-state index in [0.717, 1.165) is 12.3 Å². The number of halogens is 6. The number of likely N-dealkylation sites (tertiary alicyclic amines) is 1. The predicted octanol–water partition coefficient (Wildman–Crippen LogP) is 0.132. The summed E-state index contributed by atoms with van der Waals surface area (Å²) in [6.07, 6.45) is -3.18. The van der Waals surface area contributed by atoms with Crippen LogP contribution in [-0.4, -0.2) is 95.2 Å². The van der Waals surface area contributed by atoms with E-state index in [-0.39, 0.29) is 29.3 Å². The molecule has 1 aliphatic heterocycles. The molecule has 1 fully saturated rings. The van der Waals surface area contributed by atoms with Crippen LogP contribution in [0.5, 0.6) is 0 Å². The van der Waals surface area contributed by atoms with Crippen molar-refractivity contribution in [1.29, 1.82) is 0 Å². The van der Waals surface area contributed by atoms with Gasteiger partial charge in [0, 0.05) is 25.3 Å². The largest absolute Gasteiger partial charge is 0.542 e. The fourth-order valence-corrected chi connectivity index (χ4v) is 4.79. The van der Waals surface area contributed by atoms with Gasteiger partial charge < -0.3 is 30.6 Å². The molecule has 1 aromatic rings. The van der Waals surface area contributed by atoms with Gasteiger partial charge in [0.2, 0.25) is 0 Å². The number of amides is 1. The molecule has 0 bridgehead atoms. The molecule has 0 aliphatic carbocycles. The maximum Gasteiger partial charge on any atom is 0.430 e. The number of hydrogen-bond acceptors (Lipinski definition) is 9. The third-order valence-electron chi connectivity index (χ3n) is 6.74. The van der Waals surface area contributed by atoms with E-state index in [2.05, 4.69) is 74.4 Å². The number of nitrogens with zero attached hydrogens (tertiary/aromatic N) is 1. The van der Waals surface area contributed by atoms with Crippen LogP contribution in [0.4, 0.5) is 26.3 Å². The normalized spacial score (nSPS) is 18.4. The molecule has 0 aromatic heterocycles. The first-order valence-electron chi connectivity index (χ1n) is 14.1. The first-order chi connectivity index (χ1) is 21.4. The number of aliphatic carboxylic acids is 3. The molecule has 1 saturated heterocycles. The minimum Gasteiger partial charge on any atom is -0.542 e. The highest BCUT2D eigenvalue weighted by Gasteiger charge is 2.41. The molecular formula is C29H41F6N3O7S2. The highest BCUT2D eigenvalue weighted by atomic mass is 32.2. The Morgan fingerprint density at radius 1 is 1.06 bits per heavy atom. The molecule has 10 nitrogen and oxygen atoms in total. The third kappa shape index (κ3) is 17.2. The number of rotatable bonds is 11. The van der Waals surface area contributed by atoms with Crippen LogP contribution >= 0.6 is 24.4 Å². The molecule has 1 aliphatic rings. The molecule has 18 heteroatoms. The monoisotopic (exact) mass is 721 g/mol. The van der Waals surface area contributed by atoms with E-state index in [1.165, 1.54) is 16.4 Å². The standard InChI is InChI=1S/C25H39N3O3S2.2C2HF3O2/c1-25(2,3)19-9-7-17(8-10-19)18-14-22(28(15-18)12-5-6-20(26)16-32)23(29)27-21(24(30)31)11-13-33-4;2*3-2(4,5)1(6)7/h5-10,18,20-22,32H,11-16,26H2,1-4H3,(H,27,29)(H,30,31);2*(H,6,7)/b6-5+;;/t18-,20+,21-,22-;;/m0../s1. The SMILES string of the molecule is CSCC[C@H]([NH2+]C(=O)[C@@H]1C[C@H](c2ccc(C(C)(C)C)cc2)CN1C/C=C/[C@@H]([NH3+])CS)C(=O)O.O=C([O-])C(F)(F)F.O=C([O-])C(F)(F)F. The Kier molecular flexibility index (Phi) is 18.7. The Bertz CT molecular complexity index is 1170. The first kappa shape index (κ1) is 44.2. The highest BCUT2D eigenvalue weighted by molar-refractivity contribution is 7.98. The molecule has 2 rings (SSSR count). The van der Waals surface area contributed by atoms with E-state index in [1.807, 2.05) is 12.3 Å². The fraction of sp³-hybridized carbons (Fsp3) is 0.586. The lowest BCUT2D eigenvalue weighted by molar-refractivity contribution is -0.596. The lowest BCUT2D eigenvalue weighted by Gasteiger charge is -2.21. The summed E-state index contributed by atoms with van der Waals surface area (Å²) in [6.45, 7) is 8.02. The Balaban J connectivity index is 0.00000126. The van der Waals surface area contributed by atoms with Crippen molar-refractivity contribution >= 4 is 48.2 Å². The second-order valence-electron chi connectivity index (χ2n) is 11.5. The zero-order valence-electron chi connectivity index (χ0n) is 26.3. The summed E-state index contributed by atoms with van der Waals surface area (Å²) in [5.41, 5.74) is 6.65. The summed E-state index contributed by atoms with van der Waals surface area (Å²) in [4.78, 5) is 44.7. The Morgan fingerprint density at radius 2 is 1.55 bits per heavy atom. The van der Waals surface area contributed by atoms with Crippen LogP contribution in [0.15, 0.2) is 36.4 Å². The van der Waals surface area contributed by atoms with Crippen LogP contribution in [0, 0.1) is 0 Å². The first-order valence-corrected chi connectivity index (χ1v) is 16.1. The molecule has 1 amide bonds. The van der Waals surface area contributed by atoms with Gasteiger partial charge in [0.15, 0.2) is 6.04 Å². The molecule has 1 heterocycles. The number of carbonyl (C=O) groups is 4. The number of hydrogen-bond donors (Lipinski definition) is 4. The van der Waals surface area contributed by atoms with Gasteiger partial charge in [0.05, 0.1) is 0 Å². The number of carboxylic acid groups (broad SMARTS) is 3.